The molecule has 3 N–H and O–H groups in total. The van der Waals surface area contributed by atoms with Crippen LogP contribution in [-0.4, -0.2) is 33.1 Å². The molecule has 2 aliphatic rings. The van der Waals surface area contributed by atoms with E-state index in [4.69, 9.17) is 4.74 Å². The van der Waals surface area contributed by atoms with Crippen LogP contribution in [-0.2, 0) is 4.74 Å². The third-order valence-electron chi connectivity index (χ3n) is 6.92. The Balaban J connectivity index is 1.43. The van der Waals surface area contributed by atoms with E-state index < -0.39 is 6.10 Å². The summed E-state index contributed by atoms with van der Waals surface area (Å²) in [6.07, 6.45) is 11.1. The second-order valence-corrected chi connectivity index (χ2v) is 9.38. The molecule has 6 heteroatoms. The number of hydrogen-bond donors (Lipinski definition) is 3. The Morgan fingerprint density at radius 2 is 1.78 bits per heavy atom. The van der Waals surface area contributed by atoms with Crippen LogP contribution in [0.15, 0.2) is 103 Å². The van der Waals surface area contributed by atoms with Crippen molar-refractivity contribution >= 4 is 0 Å². The predicted octanol–water partition coefficient (Wildman–Crippen LogP) is 6.52. The quantitative estimate of drug-likeness (QED) is 0.345. The van der Waals surface area contributed by atoms with Crippen LogP contribution >= 0.6 is 0 Å². The van der Waals surface area contributed by atoms with Gasteiger partial charge in [-0.3, -0.25) is 0 Å². The minimum absolute atomic E-state index is 0.138. The SMILES string of the molecule is Oc1cccc(-c2ccc(C3C(CCC(O)c4ccc(F)cc4)OCN3C3=CC=CCC=C3)c(O)c2)c1. The summed E-state index contributed by atoms with van der Waals surface area (Å²) in [5.74, 6) is -0.0373. The van der Waals surface area contributed by atoms with E-state index in [0.29, 0.717) is 25.1 Å². The van der Waals surface area contributed by atoms with Gasteiger partial charge in [0.05, 0.1) is 18.2 Å². The average Bonchev–Trinajstić information content (AvgIpc) is 3.12. The molecule has 3 atom stereocenters. The Labute approximate surface area is 216 Å². The summed E-state index contributed by atoms with van der Waals surface area (Å²) in [6, 6.07) is 18.1. The highest BCUT2D eigenvalue weighted by Gasteiger charge is 2.38. The van der Waals surface area contributed by atoms with E-state index in [1.54, 1.807) is 36.4 Å². The van der Waals surface area contributed by atoms with Crippen molar-refractivity contribution in [3.8, 4) is 22.6 Å². The Morgan fingerprint density at radius 3 is 2.57 bits per heavy atom. The number of allylic oxidation sites excluding steroid dienone is 5. The summed E-state index contributed by atoms with van der Waals surface area (Å²) >= 11 is 0. The Kier molecular flexibility index (Phi) is 7.40. The van der Waals surface area contributed by atoms with Crippen molar-refractivity contribution in [3.05, 3.63) is 120 Å². The van der Waals surface area contributed by atoms with Gasteiger partial charge in [0.15, 0.2) is 0 Å². The monoisotopic (exact) mass is 499 g/mol. The minimum Gasteiger partial charge on any atom is -0.508 e. The van der Waals surface area contributed by atoms with Crippen molar-refractivity contribution < 1.29 is 24.4 Å². The zero-order valence-electron chi connectivity index (χ0n) is 20.4. The second kappa shape index (κ2) is 11.0. The summed E-state index contributed by atoms with van der Waals surface area (Å²) < 4.78 is 19.5. The summed E-state index contributed by atoms with van der Waals surface area (Å²) in [6.45, 7) is 0.347. The molecular formula is C31H30FNO4. The number of phenols is 2. The molecule has 3 aromatic rings. The molecule has 0 spiro atoms. The first kappa shape index (κ1) is 24.8. The van der Waals surface area contributed by atoms with E-state index in [2.05, 4.69) is 23.1 Å². The highest BCUT2D eigenvalue weighted by atomic mass is 19.1. The lowest BCUT2D eigenvalue weighted by molar-refractivity contribution is 0.0700. The number of halogens is 1. The van der Waals surface area contributed by atoms with Gasteiger partial charge in [-0.25, -0.2) is 4.39 Å². The Hall–Kier alpha value is -3.87. The van der Waals surface area contributed by atoms with Crippen LogP contribution in [0, 0.1) is 5.82 Å². The van der Waals surface area contributed by atoms with Crippen LogP contribution in [0.25, 0.3) is 11.1 Å². The van der Waals surface area contributed by atoms with E-state index >= 15 is 0 Å². The van der Waals surface area contributed by atoms with E-state index in [9.17, 15) is 19.7 Å². The number of phenolic OH excluding ortho intramolecular Hbond substituents is 2. The lowest BCUT2D eigenvalue weighted by Crippen LogP contribution is -2.27. The van der Waals surface area contributed by atoms with Crippen LogP contribution in [0.3, 0.4) is 0 Å². The zero-order valence-corrected chi connectivity index (χ0v) is 20.4. The smallest absolute Gasteiger partial charge is 0.123 e. The Morgan fingerprint density at radius 1 is 0.973 bits per heavy atom. The maximum absolute atomic E-state index is 13.3. The third kappa shape index (κ3) is 5.61. The lowest BCUT2D eigenvalue weighted by atomic mass is 9.92. The number of nitrogens with zero attached hydrogens (tertiary/aromatic N) is 1. The minimum atomic E-state index is -0.749. The molecule has 3 aromatic carbocycles. The molecule has 0 saturated carbocycles. The van der Waals surface area contributed by atoms with Crippen LogP contribution in [0.1, 0.15) is 42.5 Å². The highest BCUT2D eigenvalue weighted by molar-refractivity contribution is 5.67. The third-order valence-corrected chi connectivity index (χ3v) is 6.92. The molecule has 1 saturated heterocycles. The molecule has 5 nitrogen and oxygen atoms in total. The molecule has 1 aliphatic heterocycles. The fourth-order valence-electron chi connectivity index (χ4n) is 4.98. The van der Waals surface area contributed by atoms with Crippen molar-refractivity contribution in [2.75, 3.05) is 6.73 Å². The standard InChI is InChI=1S/C31H30FNO4/c32-24-13-10-21(11-14-24)28(35)16-17-30-31(33(20-37-30)25-7-3-1-2-4-8-25)27-15-12-23(19-29(27)36)22-6-5-9-26(34)18-22/h1,3-15,18-19,28,30-31,34-36H,2,16-17,20H2. The molecule has 1 fully saturated rings. The van der Waals surface area contributed by atoms with Gasteiger partial charge in [-0.15, -0.1) is 0 Å². The van der Waals surface area contributed by atoms with Gasteiger partial charge < -0.3 is 25.0 Å². The summed E-state index contributed by atoms with van der Waals surface area (Å²) in [7, 11) is 0. The molecule has 0 radical (unpaired) electrons. The molecule has 5 rings (SSSR count). The van der Waals surface area contributed by atoms with E-state index in [0.717, 1.165) is 28.8 Å². The first-order chi connectivity index (χ1) is 18.0. The van der Waals surface area contributed by atoms with Crippen LogP contribution in [0.5, 0.6) is 11.5 Å². The highest BCUT2D eigenvalue weighted by Crippen LogP contribution is 2.43. The molecule has 0 amide bonds. The van der Waals surface area contributed by atoms with Gasteiger partial charge >= 0.3 is 0 Å². The van der Waals surface area contributed by atoms with Gasteiger partial charge in [-0.2, -0.15) is 0 Å². The first-order valence-corrected chi connectivity index (χ1v) is 12.5. The largest absolute Gasteiger partial charge is 0.508 e. The average molecular weight is 500 g/mol. The molecule has 0 aromatic heterocycles. The predicted molar refractivity (Wildman–Crippen MR) is 141 cm³/mol. The van der Waals surface area contributed by atoms with Crippen LogP contribution in [0.4, 0.5) is 4.39 Å². The summed E-state index contributed by atoms with van der Waals surface area (Å²) in [4.78, 5) is 2.13. The van der Waals surface area contributed by atoms with E-state index in [-0.39, 0.29) is 29.5 Å². The first-order valence-electron chi connectivity index (χ1n) is 12.5. The molecule has 1 aliphatic carbocycles. The van der Waals surface area contributed by atoms with Crippen molar-refractivity contribution in [3.63, 3.8) is 0 Å². The fraction of sp³-hybridized carbons (Fsp3) is 0.226. The normalized spacial score (nSPS) is 20.1. The van der Waals surface area contributed by atoms with Crippen LogP contribution in [0.2, 0.25) is 0 Å². The number of aliphatic hydroxyl groups excluding tert-OH is 1. The number of ether oxygens (including phenoxy) is 1. The number of aromatic hydroxyl groups is 2. The number of hydrogen-bond acceptors (Lipinski definition) is 5. The van der Waals surface area contributed by atoms with Crippen molar-refractivity contribution in [2.45, 2.75) is 37.5 Å². The number of rotatable bonds is 7. The Bertz CT molecular complexity index is 1330. The van der Waals surface area contributed by atoms with Crippen molar-refractivity contribution in [1.29, 1.82) is 0 Å². The lowest BCUT2D eigenvalue weighted by Gasteiger charge is -2.29. The van der Waals surface area contributed by atoms with Crippen molar-refractivity contribution in [1.82, 2.24) is 4.90 Å². The molecule has 3 unspecified atom stereocenters. The number of benzene rings is 3. The molecule has 190 valence electrons. The van der Waals surface area contributed by atoms with Gasteiger partial charge in [0.2, 0.25) is 0 Å². The maximum Gasteiger partial charge on any atom is 0.123 e. The van der Waals surface area contributed by atoms with Gasteiger partial charge in [0.25, 0.3) is 0 Å². The summed E-state index contributed by atoms with van der Waals surface area (Å²) in [5, 5.41) is 31.8. The van der Waals surface area contributed by atoms with E-state index in [1.807, 2.05) is 30.4 Å². The topological polar surface area (TPSA) is 73.2 Å². The summed E-state index contributed by atoms with van der Waals surface area (Å²) in [5.41, 5.74) is 3.97. The molecular weight excluding hydrogens is 469 g/mol. The fourth-order valence-corrected chi connectivity index (χ4v) is 4.98. The van der Waals surface area contributed by atoms with Gasteiger partial charge in [0.1, 0.15) is 24.0 Å². The van der Waals surface area contributed by atoms with Gasteiger partial charge in [-0.05, 0) is 78.4 Å². The molecule has 37 heavy (non-hydrogen) atoms. The molecule has 1 heterocycles. The molecule has 0 bridgehead atoms. The maximum atomic E-state index is 13.3. The van der Waals surface area contributed by atoms with Crippen LogP contribution < -0.4 is 0 Å². The van der Waals surface area contributed by atoms with E-state index in [1.165, 1.54) is 12.1 Å². The van der Waals surface area contributed by atoms with Gasteiger partial charge in [0, 0.05) is 11.3 Å². The van der Waals surface area contributed by atoms with Crippen molar-refractivity contribution in [2.24, 2.45) is 0 Å². The zero-order chi connectivity index (χ0) is 25.8. The van der Waals surface area contributed by atoms with Gasteiger partial charge in [-0.1, -0.05) is 54.6 Å². The second-order valence-electron chi connectivity index (χ2n) is 9.38. The number of aliphatic hydroxyl groups is 1.